The molecule has 0 saturated heterocycles. The molecule has 0 aliphatic rings. The largest absolute Gasteiger partial charge is 0.384 e. The van der Waals surface area contributed by atoms with Crippen molar-refractivity contribution in [3.8, 4) is 11.1 Å². The lowest BCUT2D eigenvalue weighted by molar-refractivity contribution is 1.33. The van der Waals surface area contributed by atoms with Gasteiger partial charge in [-0.25, -0.2) is 4.98 Å². The van der Waals surface area contributed by atoms with Gasteiger partial charge in [0, 0.05) is 28.9 Å². The molecule has 2 heterocycles. The van der Waals surface area contributed by atoms with Crippen molar-refractivity contribution in [1.29, 1.82) is 0 Å². The normalized spacial score (nSPS) is 10.6. The quantitative estimate of drug-likeness (QED) is 0.687. The fourth-order valence-electron chi connectivity index (χ4n) is 1.90. The Labute approximate surface area is 98.9 Å². The van der Waals surface area contributed by atoms with Crippen LogP contribution in [0.25, 0.3) is 22.0 Å². The van der Waals surface area contributed by atoms with Gasteiger partial charge >= 0.3 is 0 Å². The Morgan fingerprint density at radius 1 is 0.882 bits per heavy atom. The van der Waals surface area contributed by atoms with Crippen LogP contribution in [-0.4, -0.2) is 9.97 Å². The van der Waals surface area contributed by atoms with Crippen LogP contribution in [0.4, 0.5) is 5.82 Å². The van der Waals surface area contributed by atoms with E-state index in [1.807, 2.05) is 24.3 Å². The maximum absolute atomic E-state index is 5.59. The summed E-state index contributed by atoms with van der Waals surface area (Å²) in [5, 5.41) is 1.13. The highest BCUT2D eigenvalue weighted by Gasteiger charge is 2.04. The van der Waals surface area contributed by atoms with Gasteiger partial charge in [0.2, 0.25) is 0 Å². The van der Waals surface area contributed by atoms with E-state index in [2.05, 4.69) is 22.1 Å². The van der Waals surface area contributed by atoms with Gasteiger partial charge in [-0.2, -0.15) is 0 Å². The Morgan fingerprint density at radius 3 is 2.59 bits per heavy atom. The predicted octanol–water partition coefficient (Wildman–Crippen LogP) is 2.88. The molecular formula is C14H11N3. The van der Waals surface area contributed by atoms with Gasteiger partial charge < -0.3 is 5.73 Å². The predicted molar refractivity (Wildman–Crippen MR) is 69.4 cm³/mol. The summed E-state index contributed by atoms with van der Waals surface area (Å²) in [6.07, 6.45) is 3.58. The molecule has 17 heavy (non-hydrogen) atoms. The van der Waals surface area contributed by atoms with E-state index in [1.54, 1.807) is 18.5 Å². The Hall–Kier alpha value is -2.42. The summed E-state index contributed by atoms with van der Waals surface area (Å²) < 4.78 is 0. The molecule has 0 bridgehead atoms. The van der Waals surface area contributed by atoms with Crippen molar-refractivity contribution in [1.82, 2.24) is 9.97 Å². The molecule has 0 unspecified atom stereocenters. The van der Waals surface area contributed by atoms with E-state index in [4.69, 9.17) is 5.73 Å². The number of benzene rings is 1. The topological polar surface area (TPSA) is 51.8 Å². The molecule has 0 spiro atoms. The molecule has 0 saturated carbocycles. The molecule has 3 rings (SSSR count). The van der Waals surface area contributed by atoms with Crippen LogP contribution in [0.2, 0.25) is 0 Å². The highest BCUT2D eigenvalue weighted by Crippen LogP contribution is 2.26. The van der Waals surface area contributed by atoms with Gasteiger partial charge in [-0.05, 0) is 18.2 Å². The fourth-order valence-corrected chi connectivity index (χ4v) is 1.90. The van der Waals surface area contributed by atoms with Crippen molar-refractivity contribution in [3.63, 3.8) is 0 Å². The van der Waals surface area contributed by atoms with Crippen molar-refractivity contribution >= 4 is 16.7 Å². The second-order valence-corrected chi connectivity index (χ2v) is 3.85. The second-order valence-electron chi connectivity index (χ2n) is 3.85. The van der Waals surface area contributed by atoms with Crippen LogP contribution >= 0.6 is 0 Å². The van der Waals surface area contributed by atoms with E-state index in [0.29, 0.717) is 5.82 Å². The number of hydrogen-bond acceptors (Lipinski definition) is 3. The van der Waals surface area contributed by atoms with Crippen LogP contribution in [0.15, 0.2) is 54.9 Å². The van der Waals surface area contributed by atoms with E-state index >= 15 is 0 Å². The van der Waals surface area contributed by atoms with E-state index in [-0.39, 0.29) is 0 Å². The molecule has 2 N–H and O–H groups in total. The summed E-state index contributed by atoms with van der Waals surface area (Å²) in [5.41, 5.74) is 8.69. The molecule has 0 atom stereocenters. The number of anilines is 1. The number of pyridine rings is 2. The fraction of sp³-hybridized carbons (Fsp3) is 0. The summed E-state index contributed by atoms with van der Waals surface area (Å²) in [6, 6.07) is 13.9. The Balaban J connectivity index is 2.27. The van der Waals surface area contributed by atoms with Crippen molar-refractivity contribution in [2.24, 2.45) is 0 Å². The zero-order valence-corrected chi connectivity index (χ0v) is 9.17. The molecule has 2 aromatic heterocycles. The third-order valence-electron chi connectivity index (χ3n) is 2.73. The van der Waals surface area contributed by atoms with Gasteiger partial charge in [0.25, 0.3) is 0 Å². The monoisotopic (exact) mass is 221 g/mol. The Bertz CT molecular complexity index is 654. The summed E-state index contributed by atoms with van der Waals surface area (Å²) in [6.45, 7) is 0. The van der Waals surface area contributed by atoms with Gasteiger partial charge in [-0.1, -0.05) is 24.3 Å². The van der Waals surface area contributed by atoms with Crippen molar-refractivity contribution in [3.05, 3.63) is 54.9 Å². The van der Waals surface area contributed by atoms with Crippen LogP contribution in [0.1, 0.15) is 0 Å². The average Bonchev–Trinajstić information content (AvgIpc) is 2.39. The first kappa shape index (κ1) is 9.78. The zero-order chi connectivity index (χ0) is 11.7. The van der Waals surface area contributed by atoms with Crippen LogP contribution in [0, 0.1) is 0 Å². The summed E-state index contributed by atoms with van der Waals surface area (Å²) >= 11 is 0. The number of nitrogens with two attached hydrogens (primary N) is 1. The molecule has 3 nitrogen and oxygen atoms in total. The van der Waals surface area contributed by atoms with Crippen molar-refractivity contribution in [2.75, 3.05) is 5.73 Å². The number of para-hydroxylation sites is 1. The highest BCUT2D eigenvalue weighted by molar-refractivity contribution is 5.93. The van der Waals surface area contributed by atoms with Gasteiger partial charge in [-0.15, -0.1) is 0 Å². The number of aromatic nitrogens is 2. The molecule has 0 amide bonds. The van der Waals surface area contributed by atoms with Crippen LogP contribution in [0.3, 0.4) is 0 Å². The maximum Gasteiger partial charge on any atom is 0.123 e. The molecule has 1 aromatic carbocycles. The first-order valence-corrected chi connectivity index (χ1v) is 5.40. The zero-order valence-electron chi connectivity index (χ0n) is 9.17. The lowest BCUT2D eigenvalue weighted by atomic mass is 10.0. The SMILES string of the molecule is Nc1ccc(-c2cccc3cccnc23)cn1. The first-order valence-electron chi connectivity index (χ1n) is 5.40. The Kier molecular flexibility index (Phi) is 2.22. The lowest BCUT2D eigenvalue weighted by Gasteiger charge is -2.05. The summed E-state index contributed by atoms with van der Waals surface area (Å²) in [7, 11) is 0. The molecular weight excluding hydrogens is 210 g/mol. The van der Waals surface area contributed by atoms with Crippen LogP contribution in [0.5, 0.6) is 0 Å². The third-order valence-corrected chi connectivity index (χ3v) is 2.73. The van der Waals surface area contributed by atoms with E-state index < -0.39 is 0 Å². The van der Waals surface area contributed by atoms with Gasteiger partial charge in [0.15, 0.2) is 0 Å². The summed E-state index contributed by atoms with van der Waals surface area (Å²) in [5.74, 6) is 0.530. The van der Waals surface area contributed by atoms with Crippen molar-refractivity contribution < 1.29 is 0 Å². The minimum atomic E-state index is 0.530. The standard InChI is InChI=1S/C14H11N3/c15-13-7-6-11(9-17-13)12-5-1-3-10-4-2-8-16-14(10)12/h1-9H,(H2,15,17). The number of fused-ring (bicyclic) bond motifs is 1. The molecule has 82 valence electrons. The van der Waals surface area contributed by atoms with E-state index in [9.17, 15) is 0 Å². The number of hydrogen-bond donors (Lipinski definition) is 1. The molecule has 0 aliphatic carbocycles. The second kappa shape index (κ2) is 3.87. The Morgan fingerprint density at radius 2 is 1.76 bits per heavy atom. The molecule has 3 aromatic rings. The molecule has 0 aliphatic heterocycles. The van der Waals surface area contributed by atoms with E-state index in [1.165, 1.54) is 0 Å². The average molecular weight is 221 g/mol. The minimum absolute atomic E-state index is 0.530. The number of nitrogen functional groups attached to an aromatic ring is 1. The smallest absolute Gasteiger partial charge is 0.123 e. The first-order chi connectivity index (χ1) is 8.34. The third kappa shape index (κ3) is 1.72. The summed E-state index contributed by atoms with van der Waals surface area (Å²) in [4.78, 5) is 8.53. The lowest BCUT2D eigenvalue weighted by Crippen LogP contribution is -1.90. The van der Waals surface area contributed by atoms with Crippen molar-refractivity contribution in [2.45, 2.75) is 0 Å². The molecule has 3 heteroatoms. The highest BCUT2D eigenvalue weighted by atomic mass is 14.8. The number of nitrogens with zero attached hydrogens (tertiary/aromatic N) is 2. The van der Waals surface area contributed by atoms with Gasteiger partial charge in [0.05, 0.1) is 5.52 Å². The number of rotatable bonds is 1. The molecule has 0 radical (unpaired) electrons. The van der Waals surface area contributed by atoms with Crippen LogP contribution in [-0.2, 0) is 0 Å². The van der Waals surface area contributed by atoms with Gasteiger partial charge in [-0.3, -0.25) is 4.98 Å². The van der Waals surface area contributed by atoms with E-state index in [0.717, 1.165) is 22.0 Å². The van der Waals surface area contributed by atoms with Gasteiger partial charge in [0.1, 0.15) is 5.82 Å². The maximum atomic E-state index is 5.59. The molecule has 0 fully saturated rings. The minimum Gasteiger partial charge on any atom is -0.384 e. The van der Waals surface area contributed by atoms with Crippen LogP contribution < -0.4 is 5.73 Å².